The zero-order valence-corrected chi connectivity index (χ0v) is 11.7. The summed E-state index contributed by atoms with van der Waals surface area (Å²) in [5.41, 5.74) is 1.43. The van der Waals surface area contributed by atoms with Crippen molar-refractivity contribution in [2.45, 2.75) is 47.1 Å². The summed E-state index contributed by atoms with van der Waals surface area (Å²) in [6, 6.07) is 7.72. The summed E-state index contributed by atoms with van der Waals surface area (Å²) in [6.45, 7) is 12.1. The highest BCUT2D eigenvalue weighted by Gasteiger charge is 2.23. The Bertz CT molecular complexity index is 408. The monoisotopic (exact) mass is 233 g/mol. The molecule has 0 heterocycles. The lowest BCUT2D eigenvalue weighted by molar-refractivity contribution is 0.0858. The molecule has 0 spiro atoms. The number of Topliss-reactive ketones (excluding diaryl/α,β-unsaturated/α-hetero) is 1. The van der Waals surface area contributed by atoms with Crippen molar-refractivity contribution in [3.8, 4) is 0 Å². The molecular weight excluding hydrogens is 210 g/mol. The lowest BCUT2D eigenvalue weighted by atomic mass is 9.86. The molecule has 1 N–H and O–H groups in total. The van der Waals surface area contributed by atoms with Crippen LogP contribution in [0, 0.1) is 5.41 Å². The maximum atomic E-state index is 12.2. The van der Waals surface area contributed by atoms with E-state index in [9.17, 15) is 4.79 Å². The molecule has 0 aliphatic carbocycles. The van der Waals surface area contributed by atoms with Crippen molar-refractivity contribution in [3.63, 3.8) is 0 Å². The second-order valence-electron chi connectivity index (χ2n) is 6.53. The first kappa shape index (κ1) is 13.8. The van der Waals surface area contributed by atoms with Crippen LogP contribution in [0.4, 0.5) is 5.69 Å². The molecule has 2 nitrogen and oxygen atoms in total. The Morgan fingerprint density at radius 1 is 1.06 bits per heavy atom. The lowest BCUT2D eigenvalue weighted by Crippen LogP contribution is -2.26. The molecule has 0 bridgehead atoms. The van der Waals surface area contributed by atoms with Crippen molar-refractivity contribution in [1.82, 2.24) is 0 Å². The van der Waals surface area contributed by atoms with Crippen LogP contribution in [-0.4, -0.2) is 11.3 Å². The molecule has 0 unspecified atom stereocenters. The van der Waals surface area contributed by atoms with E-state index in [0.29, 0.717) is 0 Å². The van der Waals surface area contributed by atoms with E-state index >= 15 is 0 Å². The van der Waals surface area contributed by atoms with Gasteiger partial charge in [-0.25, -0.2) is 0 Å². The minimum absolute atomic E-state index is 0.00338. The minimum atomic E-state index is -0.333. The largest absolute Gasteiger partial charge is 0.380 e. The average molecular weight is 233 g/mol. The molecule has 0 aliphatic heterocycles. The smallest absolute Gasteiger partial charge is 0.168 e. The van der Waals surface area contributed by atoms with Crippen molar-refractivity contribution in [2.75, 3.05) is 5.32 Å². The third-order valence-electron chi connectivity index (χ3n) is 2.33. The minimum Gasteiger partial charge on any atom is -0.380 e. The van der Waals surface area contributed by atoms with Gasteiger partial charge in [-0.1, -0.05) is 32.9 Å². The predicted octanol–water partition coefficient (Wildman–Crippen LogP) is 4.13. The van der Waals surface area contributed by atoms with Gasteiger partial charge in [0.2, 0.25) is 0 Å². The van der Waals surface area contributed by atoms with Gasteiger partial charge in [-0.2, -0.15) is 0 Å². The zero-order chi connectivity index (χ0) is 13.3. The van der Waals surface area contributed by atoms with Gasteiger partial charge in [-0.3, -0.25) is 4.79 Å². The van der Waals surface area contributed by atoms with E-state index in [2.05, 4.69) is 26.1 Å². The van der Waals surface area contributed by atoms with E-state index in [0.717, 1.165) is 11.3 Å². The fraction of sp³-hybridized carbons (Fsp3) is 0.533. The third kappa shape index (κ3) is 4.22. The summed E-state index contributed by atoms with van der Waals surface area (Å²) in [7, 11) is 0. The number of nitrogens with one attached hydrogen (secondary N) is 1. The molecule has 0 saturated carbocycles. The van der Waals surface area contributed by atoms with Crippen LogP contribution in [-0.2, 0) is 0 Å². The SMILES string of the molecule is CC(C)(C)Nc1cccc(C(=O)C(C)(C)C)c1. The molecule has 0 amide bonds. The molecule has 94 valence electrons. The molecule has 2 heteroatoms. The summed E-state index contributed by atoms with van der Waals surface area (Å²) in [5.74, 6) is 0.176. The lowest BCUT2D eigenvalue weighted by Gasteiger charge is -2.23. The molecule has 17 heavy (non-hydrogen) atoms. The molecular formula is C15H23NO. The molecule has 1 aromatic rings. The number of carbonyl (C=O) groups is 1. The molecule has 0 fully saturated rings. The maximum Gasteiger partial charge on any atom is 0.168 e. The fourth-order valence-corrected chi connectivity index (χ4v) is 1.60. The Balaban J connectivity index is 2.98. The highest BCUT2D eigenvalue weighted by Crippen LogP contribution is 2.23. The van der Waals surface area contributed by atoms with Crippen LogP contribution in [0.1, 0.15) is 51.9 Å². The predicted molar refractivity (Wildman–Crippen MR) is 73.6 cm³/mol. The first-order valence-corrected chi connectivity index (χ1v) is 6.03. The van der Waals surface area contributed by atoms with Crippen LogP contribution < -0.4 is 5.32 Å². The van der Waals surface area contributed by atoms with Crippen molar-refractivity contribution in [1.29, 1.82) is 0 Å². The highest BCUT2D eigenvalue weighted by molar-refractivity contribution is 6.00. The molecule has 0 aromatic heterocycles. The molecule has 0 radical (unpaired) electrons. The van der Waals surface area contributed by atoms with Crippen LogP contribution >= 0.6 is 0 Å². The van der Waals surface area contributed by atoms with Crippen molar-refractivity contribution < 1.29 is 4.79 Å². The Hall–Kier alpha value is -1.31. The Labute approximate surface area is 104 Å². The second-order valence-corrected chi connectivity index (χ2v) is 6.53. The van der Waals surface area contributed by atoms with E-state index in [4.69, 9.17) is 0 Å². The molecule has 0 aliphatic rings. The Morgan fingerprint density at radius 3 is 2.12 bits per heavy atom. The maximum absolute atomic E-state index is 12.2. The van der Waals surface area contributed by atoms with Gasteiger partial charge in [0, 0.05) is 22.2 Å². The number of hydrogen-bond donors (Lipinski definition) is 1. The first-order chi connectivity index (χ1) is 7.59. The van der Waals surface area contributed by atoms with Crippen LogP contribution in [0.5, 0.6) is 0 Å². The van der Waals surface area contributed by atoms with Gasteiger partial charge in [-0.05, 0) is 32.9 Å². The van der Waals surface area contributed by atoms with E-state index < -0.39 is 0 Å². The summed E-state index contributed by atoms with van der Waals surface area (Å²) >= 11 is 0. The van der Waals surface area contributed by atoms with E-state index in [-0.39, 0.29) is 16.7 Å². The third-order valence-corrected chi connectivity index (χ3v) is 2.33. The van der Waals surface area contributed by atoms with E-state index in [1.807, 2.05) is 45.0 Å². The second kappa shape index (κ2) is 4.52. The summed E-state index contributed by atoms with van der Waals surface area (Å²) in [4.78, 5) is 12.2. The summed E-state index contributed by atoms with van der Waals surface area (Å²) in [6.07, 6.45) is 0. The Kier molecular flexibility index (Phi) is 3.65. The Morgan fingerprint density at radius 2 is 1.65 bits per heavy atom. The zero-order valence-electron chi connectivity index (χ0n) is 11.7. The number of benzene rings is 1. The van der Waals surface area contributed by atoms with Crippen LogP contribution in [0.15, 0.2) is 24.3 Å². The highest BCUT2D eigenvalue weighted by atomic mass is 16.1. The number of hydrogen-bond acceptors (Lipinski definition) is 2. The average Bonchev–Trinajstić information content (AvgIpc) is 2.12. The van der Waals surface area contributed by atoms with E-state index in [1.54, 1.807) is 0 Å². The number of ketones is 1. The summed E-state index contributed by atoms with van der Waals surface area (Å²) < 4.78 is 0. The molecule has 0 saturated heterocycles. The van der Waals surface area contributed by atoms with Crippen molar-refractivity contribution >= 4 is 11.5 Å². The fourth-order valence-electron chi connectivity index (χ4n) is 1.60. The van der Waals surface area contributed by atoms with Gasteiger partial charge in [-0.15, -0.1) is 0 Å². The topological polar surface area (TPSA) is 29.1 Å². The van der Waals surface area contributed by atoms with Crippen LogP contribution in [0.2, 0.25) is 0 Å². The van der Waals surface area contributed by atoms with Crippen LogP contribution in [0.3, 0.4) is 0 Å². The van der Waals surface area contributed by atoms with Gasteiger partial charge >= 0.3 is 0 Å². The van der Waals surface area contributed by atoms with Gasteiger partial charge in [0.15, 0.2) is 5.78 Å². The summed E-state index contributed by atoms with van der Waals surface area (Å²) in [5, 5.41) is 3.38. The van der Waals surface area contributed by atoms with Crippen LogP contribution in [0.25, 0.3) is 0 Å². The quantitative estimate of drug-likeness (QED) is 0.778. The number of anilines is 1. The van der Waals surface area contributed by atoms with E-state index in [1.165, 1.54) is 0 Å². The number of carbonyl (C=O) groups excluding carboxylic acids is 1. The molecule has 1 rings (SSSR count). The normalized spacial score (nSPS) is 12.4. The van der Waals surface area contributed by atoms with Gasteiger partial charge < -0.3 is 5.32 Å². The van der Waals surface area contributed by atoms with Gasteiger partial charge in [0.25, 0.3) is 0 Å². The van der Waals surface area contributed by atoms with Crippen molar-refractivity contribution in [3.05, 3.63) is 29.8 Å². The van der Waals surface area contributed by atoms with Gasteiger partial charge in [0.1, 0.15) is 0 Å². The van der Waals surface area contributed by atoms with Crippen molar-refractivity contribution in [2.24, 2.45) is 5.41 Å². The first-order valence-electron chi connectivity index (χ1n) is 6.03. The van der Waals surface area contributed by atoms with Gasteiger partial charge in [0.05, 0.1) is 0 Å². The number of rotatable bonds is 2. The standard InChI is InChI=1S/C15H23NO/c1-14(2,3)13(17)11-8-7-9-12(10-11)16-15(4,5)6/h7-10,16H,1-6H3. The molecule has 1 aromatic carbocycles. The molecule has 0 atom stereocenters.